The second-order valence-electron chi connectivity index (χ2n) is 0.675. The van der Waals surface area contributed by atoms with Crippen molar-refractivity contribution in [1.29, 1.82) is 0 Å². The molecule has 0 bridgehead atoms. The number of hydrogen-bond donors (Lipinski definition) is 2. The summed E-state index contributed by atoms with van der Waals surface area (Å²) in [6.45, 7) is 0. The van der Waals surface area contributed by atoms with E-state index in [2.05, 4.69) is 14.5 Å². The van der Waals surface area contributed by atoms with Crippen molar-refractivity contribution in [3.05, 3.63) is 0 Å². The summed E-state index contributed by atoms with van der Waals surface area (Å²) in [7, 11) is -0.549. The van der Waals surface area contributed by atoms with E-state index in [1.54, 1.807) is 0 Å². The van der Waals surface area contributed by atoms with Gasteiger partial charge in [-0.25, -0.2) is 9.61 Å². The van der Waals surface area contributed by atoms with E-state index >= 15 is 0 Å². The molecule has 2 N–H and O–H groups in total. The SMILES string of the molecule is COOB(O)OO. The molecule has 7 heavy (non-hydrogen) atoms. The van der Waals surface area contributed by atoms with Crippen LogP contribution in [0.2, 0.25) is 0 Å². The van der Waals surface area contributed by atoms with Gasteiger partial charge in [0.1, 0.15) is 0 Å². The Balaban J connectivity index is 2.83. The lowest BCUT2D eigenvalue weighted by Gasteiger charge is -1.95. The Morgan fingerprint density at radius 2 is 2.14 bits per heavy atom. The van der Waals surface area contributed by atoms with Crippen molar-refractivity contribution in [2.75, 3.05) is 7.11 Å². The molecule has 42 valence electrons. The summed E-state index contributed by atoms with van der Waals surface area (Å²) in [5.74, 6) is 0. The lowest BCUT2D eigenvalue weighted by molar-refractivity contribution is -0.262. The summed E-state index contributed by atoms with van der Waals surface area (Å²) in [4.78, 5) is 10.8. The van der Waals surface area contributed by atoms with Crippen molar-refractivity contribution >= 4 is 7.32 Å². The van der Waals surface area contributed by atoms with Crippen molar-refractivity contribution in [1.82, 2.24) is 0 Å². The van der Waals surface area contributed by atoms with E-state index in [-0.39, 0.29) is 0 Å². The van der Waals surface area contributed by atoms with Gasteiger partial charge in [0, 0.05) is 0 Å². The Bertz CT molecular complexity index is 39.1. The lowest BCUT2D eigenvalue weighted by atomic mass is 10.3. The number of rotatable bonds is 3. The van der Waals surface area contributed by atoms with E-state index in [0.29, 0.717) is 0 Å². The first-order chi connectivity index (χ1) is 3.31. The van der Waals surface area contributed by atoms with Crippen LogP contribution in [0.4, 0.5) is 0 Å². The van der Waals surface area contributed by atoms with Crippen LogP contribution in [-0.2, 0) is 14.5 Å². The highest BCUT2D eigenvalue weighted by Crippen LogP contribution is 1.77. The molecule has 0 fully saturated rings. The van der Waals surface area contributed by atoms with E-state index in [4.69, 9.17) is 10.3 Å². The minimum absolute atomic E-state index is 1.17. The molecular weight excluding hydrogens is 103 g/mol. The molecule has 0 unspecified atom stereocenters. The smallest absolute Gasteiger partial charge is 0.399 e. The van der Waals surface area contributed by atoms with Gasteiger partial charge in [0.05, 0.1) is 7.11 Å². The summed E-state index contributed by atoms with van der Waals surface area (Å²) in [6.07, 6.45) is 0. The molecule has 5 nitrogen and oxygen atoms in total. The molecule has 6 heteroatoms. The fourth-order valence-corrected chi connectivity index (χ4v) is 0.0999. The second kappa shape index (κ2) is 4.04. The minimum Gasteiger partial charge on any atom is -0.399 e. The Morgan fingerprint density at radius 1 is 1.57 bits per heavy atom. The predicted octanol–water partition coefficient (Wildman–Crippen LogP) is -0.969. The molecule has 0 spiro atoms. The van der Waals surface area contributed by atoms with Gasteiger partial charge in [-0.1, -0.05) is 0 Å². The first kappa shape index (κ1) is 6.86. The molecule has 0 aromatic carbocycles. The first-order valence-corrected chi connectivity index (χ1v) is 1.49. The van der Waals surface area contributed by atoms with Crippen LogP contribution in [0.5, 0.6) is 0 Å². The highest BCUT2D eigenvalue weighted by Gasteiger charge is 2.14. The molecule has 0 aliphatic heterocycles. The van der Waals surface area contributed by atoms with Crippen LogP contribution in [-0.4, -0.2) is 24.7 Å². The van der Waals surface area contributed by atoms with Gasteiger partial charge in [0.15, 0.2) is 0 Å². The molecule has 0 aliphatic rings. The standard InChI is InChI=1S/CH5BO5/c1-5-7-2(3)6-4/h3-4H,1H3. The summed E-state index contributed by atoms with van der Waals surface area (Å²) in [5.41, 5.74) is 0. The Labute approximate surface area is 40.5 Å². The van der Waals surface area contributed by atoms with Gasteiger partial charge in [-0.05, 0) is 0 Å². The molecule has 0 aromatic rings. The largest absolute Gasteiger partial charge is 0.693 e. The second-order valence-corrected chi connectivity index (χ2v) is 0.675. The quantitative estimate of drug-likeness (QED) is 0.276. The zero-order chi connectivity index (χ0) is 5.70. The van der Waals surface area contributed by atoms with Gasteiger partial charge in [0.25, 0.3) is 0 Å². The first-order valence-electron chi connectivity index (χ1n) is 1.49. The zero-order valence-electron chi connectivity index (χ0n) is 3.70. The van der Waals surface area contributed by atoms with Crippen molar-refractivity contribution in [2.24, 2.45) is 0 Å². The van der Waals surface area contributed by atoms with Crippen molar-refractivity contribution < 1.29 is 24.8 Å². The van der Waals surface area contributed by atoms with Crippen molar-refractivity contribution in [3.63, 3.8) is 0 Å². The fraction of sp³-hybridized carbons (Fsp3) is 1.00. The van der Waals surface area contributed by atoms with E-state index < -0.39 is 7.32 Å². The zero-order valence-corrected chi connectivity index (χ0v) is 3.70. The molecule has 0 heterocycles. The average Bonchev–Trinajstić information content (AvgIpc) is 1.68. The normalized spacial score (nSPS) is 9.00. The van der Waals surface area contributed by atoms with Gasteiger partial charge < -0.3 is 5.02 Å². The van der Waals surface area contributed by atoms with Crippen LogP contribution >= 0.6 is 0 Å². The van der Waals surface area contributed by atoms with Crippen LogP contribution < -0.4 is 0 Å². The molecule has 0 rings (SSSR count). The molecule has 0 amide bonds. The van der Waals surface area contributed by atoms with Gasteiger partial charge in [0.2, 0.25) is 0 Å². The van der Waals surface area contributed by atoms with Crippen molar-refractivity contribution in [3.8, 4) is 0 Å². The highest BCUT2D eigenvalue weighted by atomic mass is 17.2. The summed E-state index contributed by atoms with van der Waals surface area (Å²) in [5, 5.41) is 15.5. The van der Waals surface area contributed by atoms with E-state index in [1.165, 1.54) is 7.11 Å². The molecule has 0 atom stereocenters. The van der Waals surface area contributed by atoms with Gasteiger partial charge >= 0.3 is 7.32 Å². The average molecular weight is 108 g/mol. The van der Waals surface area contributed by atoms with E-state index in [9.17, 15) is 0 Å². The van der Waals surface area contributed by atoms with Gasteiger partial charge in [-0.15, -0.1) is 0 Å². The summed E-state index contributed by atoms with van der Waals surface area (Å²) < 4.78 is 0. The Hall–Kier alpha value is -0.135. The lowest BCUT2D eigenvalue weighted by Crippen LogP contribution is -2.19. The highest BCUT2D eigenvalue weighted by molar-refractivity contribution is 6.33. The van der Waals surface area contributed by atoms with Crippen LogP contribution in [0.15, 0.2) is 0 Å². The predicted molar refractivity (Wildman–Crippen MR) is 19.8 cm³/mol. The van der Waals surface area contributed by atoms with Crippen LogP contribution in [0.1, 0.15) is 0 Å². The maximum absolute atomic E-state index is 8.04. The van der Waals surface area contributed by atoms with Crippen molar-refractivity contribution in [2.45, 2.75) is 0 Å². The van der Waals surface area contributed by atoms with Crippen LogP contribution in [0.3, 0.4) is 0 Å². The molecular formula is CH5BO5. The summed E-state index contributed by atoms with van der Waals surface area (Å²) in [6, 6.07) is 0. The Morgan fingerprint density at radius 3 is 2.29 bits per heavy atom. The van der Waals surface area contributed by atoms with E-state index in [1.807, 2.05) is 0 Å². The third-order valence-corrected chi connectivity index (χ3v) is 0.269. The van der Waals surface area contributed by atoms with Gasteiger partial charge in [-0.2, -0.15) is 0 Å². The van der Waals surface area contributed by atoms with Crippen LogP contribution in [0.25, 0.3) is 0 Å². The van der Waals surface area contributed by atoms with E-state index in [0.717, 1.165) is 0 Å². The minimum atomic E-state index is -1.72. The topological polar surface area (TPSA) is 68.2 Å². The molecule has 0 radical (unpaired) electrons. The molecule has 0 saturated carbocycles. The molecule has 0 aliphatic carbocycles. The molecule has 0 saturated heterocycles. The maximum atomic E-state index is 8.04. The Kier molecular flexibility index (Phi) is 3.96. The van der Waals surface area contributed by atoms with Gasteiger partial charge in [-0.3, -0.25) is 10.1 Å². The molecule has 0 aromatic heterocycles. The summed E-state index contributed by atoms with van der Waals surface area (Å²) >= 11 is 0. The monoisotopic (exact) mass is 108 g/mol. The third kappa shape index (κ3) is 3.70. The third-order valence-electron chi connectivity index (χ3n) is 0.269. The maximum Gasteiger partial charge on any atom is 0.693 e. The van der Waals surface area contributed by atoms with Crippen LogP contribution in [0, 0.1) is 0 Å². The fourth-order valence-electron chi connectivity index (χ4n) is 0.0999. The number of hydrogen-bond acceptors (Lipinski definition) is 5.